The number of hydrogen-bond donors (Lipinski definition) is 1. The highest BCUT2D eigenvalue weighted by Gasteiger charge is 2.12. The molecular weight excluding hydrogens is 202 g/mol. The molecular formula is C10H8ClNO2. The lowest BCUT2D eigenvalue weighted by Gasteiger charge is -2.05. The van der Waals surface area contributed by atoms with Crippen LogP contribution in [-0.2, 0) is 0 Å². The van der Waals surface area contributed by atoms with E-state index in [0.29, 0.717) is 5.56 Å². The van der Waals surface area contributed by atoms with E-state index in [9.17, 15) is 4.79 Å². The summed E-state index contributed by atoms with van der Waals surface area (Å²) < 4.78 is 0. The van der Waals surface area contributed by atoms with E-state index in [1.54, 1.807) is 13.0 Å². The van der Waals surface area contributed by atoms with E-state index in [4.69, 9.17) is 22.0 Å². The average Bonchev–Trinajstić information content (AvgIpc) is 2.17. The molecule has 1 aromatic carbocycles. The largest absolute Gasteiger partial charge is 0.478 e. The molecule has 4 heteroatoms. The van der Waals surface area contributed by atoms with Crippen molar-refractivity contribution in [2.45, 2.75) is 12.8 Å². The summed E-state index contributed by atoms with van der Waals surface area (Å²) in [5.41, 5.74) is 0.695. The number of benzene rings is 1. The zero-order chi connectivity index (χ0) is 10.7. The van der Waals surface area contributed by atoms with E-state index in [0.717, 1.165) is 0 Å². The number of aromatic carboxylic acids is 1. The first-order chi connectivity index (χ1) is 6.56. The van der Waals surface area contributed by atoms with Crippen LogP contribution < -0.4 is 0 Å². The number of carboxylic acids is 1. The molecule has 1 N–H and O–H groups in total. The van der Waals surface area contributed by atoms with Crippen molar-refractivity contribution in [1.82, 2.24) is 0 Å². The highest BCUT2D eigenvalue weighted by atomic mass is 35.5. The van der Waals surface area contributed by atoms with Crippen molar-refractivity contribution < 1.29 is 9.90 Å². The molecule has 1 unspecified atom stereocenters. The van der Waals surface area contributed by atoms with Gasteiger partial charge in [0.2, 0.25) is 0 Å². The lowest BCUT2D eigenvalue weighted by atomic mass is 10.0. The van der Waals surface area contributed by atoms with Crippen molar-refractivity contribution in [3.05, 3.63) is 34.3 Å². The van der Waals surface area contributed by atoms with Crippen LogP contribution in [0.4, 0.5) is 0 Å². The third kappa shape index (κ3) is 2.04. The van der Waals surface area contributed by atoms with Gasteiger partial charge in [-0.15, -0.1) is 0 Å². The van der Waals surface area contributed by atoms with E-state index in [1.165, 1.54) is 12.1 Å². The van der Waals surface area contributed by atoms with Gasteiger partial charge in [-0.05, 0) is 24.6 Å². The molecule has 1 atom stereocenters. The summed E-state index contributed by atoms with van der Waals surface area (Å²) >= 11 is 5.68. The molecule has 0 aliphatic rings. The second-order valence-electron chi connectivity index (χ2n) is 2.90. The van der Waals surface area contributed by atoms with Gasteiger partial charge in [0, 0.05) is 0 Å². The van der Waals surface area contributed by atoms with Crippen LogP contribution in [0.25, 0.3) is 0 Å². The standard InChI is InChI=1S/C10H8ClNO2/c1-6(5-12)7-2-3-9(11)8(4-7)10(13)14/h2-4,6H,1H3,(H,13,14). The molecule has 0 radical (unpaired) electrons. The lowest BCUT2D eigenvalue weighted by molar-refractivity contribution is 0.0697. The minimum atomic E-state index is -1.08. The van der Waals surface area contributed by atoms with Crippen LogP contribution in [0.3, 0.4) is 0 Å². The Morgan fingerprint density at radius 3 is 2.79 bits per heavy atom. The highest BCUT2D eigenvalue weighted by Crippen LogP contribution is 2.22. The van der Waals surface area contributed by atoms with E-state index in [-0.39, 0.29) is 16.5 Å². The first-order valence-corrected chi connectivity index (χ1v) is 4.36. The second-order valence-corrected chi connectivity index (χ2v) is 3.30. The summed E-state index contributed by atoms with van der Waals surface area (Å²) in [6, 6.07) is 6.61. The summed E-state index contributed by atoms with van der Waals surface area (Å²) in [6.07, 6.45) is 0. The van der Waals surface area contributed by atoms with Crippen LogP contribution >= 0.6 is 11.6 Å². The molecule has 0 heterocycles. The monoisotopic (exact) mass is 209 g/mol. The van der Waals surface area contributed by atoms with Crippen molar-refractivity contribution >= 4 is 17.6 Å². The Morgan fingerprint density at radius 1 is 1.64 bits per heavy atom. The zero-order valence-corrected chi connectivity index (χ0v) is 8.25. The molecule has 0 bridgehead atoms. The fourth-order valence-electron chi connectivity index (χ4n) is 1.05. The highest BCUT2D eigenvalue weighted by molar-refractivity contribution is 6.33. The second kappa shape index (κ2) is 4.12. The molecule has 0 saturated heterocycles. The van der Waals surface area contributed by atoms with Gasteiger partial charge in [-0.2, -0.15) is 5.26 Å². The van der Waals surface area contributed by atoms with Crippen molar-refractivity contribution in [3.63, 3.8) is 0 Å². The van der Waals surface area contributed by atoms with E-state index in [2.05, 4.69) is 0 Å². The minimum Gasteiger partial charge on any atom is -0.478 e. The maximum Gasteiger partial charge on any atom is 0.337 e. The summed E-state index contributed by atoms with van der Waals surface area (Å²) in [6.45, 7) is 1.70. The fourth-order valence-corrected chi connectivity index (χ4v) is 1.25. The molecule has 0 aliphatic heterocycles. The first kappa shape index (κ1) is 10.6. The molecule has 1 rings (SSSR count). The maximum atomic E-state index is 10.7. The number of carboxylic acid groups (broad SMARTS) is 1. The minimum absolute atomic E-state index is 0.0336. The van der Waals surface area contributed by atoms with Crippen molar-refractivity contribution in [2.24, 2.45) is 0 Å². The Balaban J connectivity index is 3.21. The van der Waals surface area contributed by atoms with E-state index >= 15 is 0 Å². The van der Waals surface area contributed by atoms with E-state index in [1.807, 2.05) is 6.07 Å². The van der Waals surface area contributed by atoms with Crippen molar-refractivity contribution in [2.75, 3.05) is 0 Å². The molecule has 0 saturated carbocycles. The lowest BCUT2D eigenvalue weighted by Crippen LogP contribution is -2.00. The Bertz CT molecular complexity index is 409. The number of hydrogen-bond acceptors (Lipinski definition) is 2. The molecule has 0 spiro atoms. The van der Waals surface area contributed by atoms with Gasteiger partial charge in [0.1, 0.15) is 0 Å². The predicted octanol–water partition coefficient (Wildman–Crippen LogP) is 2.67. The van der Waals surface area contributed by atoms with Crippen LogP contribution in [0.5, 0.6) is 0 Å². The Morgan fingerprint density at radius 2 is 2.29 bits per heavy atom. The fraction of sp³-hybridized carbons (Fsp3) is 0.200. The van der Waals surface area contributed by atoms with Crippen LogP contribution in [0.1, 0.15) is 28.8 Å². The van der Waals surface area contributed by atoms with Gasteiger partial charge in [0.05, 0.1) is 22.6 Å². The molecule has 0 fully saturated rings. The van der Waals surface area contributed by atoms with Crippen LogP contribution in [0.15, 0.2) is 18.2 Å². The average molecular weight is 210 g/mol. The van der Waals surface area contributed by atoms with Gasteiger partial charge in [-0.3, -0.25) is 0 Å². The third-order valence-corrected chi connectivity index (χ3v) is 2.24. The number of nitriles is 1. The van der Waals surface area contributed by atoms with Crippen molar-refractivity contribution in [3.8, 4) is 6.07 Å². The van der Waals surface area contributed by atoms with Crippen LogP contribution in [-0.4, -0.2) is 11.1 Å². The predicted molar refractivity (Wildman–Crippen MR) is 52.4 cm³/mol. The summed E-state index contributed by atoms with van der Waals surface area (Å²) in [7, 11) is 0. The molecule has 72 valence electrons. The van der Waals surface area contributed by atoms with Crippen LogP contribution in [0.2, 0.25) is 5.02 Å². The van der Waals surface area contributed by atoms with Gasteiger partial charge in [0.25, 0.3) is 0 Å². The van der Waals surface area contributed by atoms with E-state index < -0.39 is 5.97 Å². The smallest absolute Gasteiger partial charge is 0.337 e. The Labute approximate surface area is 86.5 Å². The molecule has 1 aromatic rings. The maximum absolute atomic E-state index is 10.7. The number of carbonyl (C=O) groups is 1. The summed E-state index contributed by atoms with van der Waals surface area (Å²) in [4.78, 5) is 10.7. The van der Waals surface area contributed by atoms with Gasteiger partial charge in [-0.25, -0.2) is 4.79 Å². The Kier molecular flexibility index (Phi) is 3.10. The van der Waals surface area contributed by atoms with Gasteiger partial charge in [0.15, 0.2) is 0 Å². The summed E-state index contributed by atoms with van der Waals surface area (Å²) in [5.74, 6) is -1.41. The quantitative estimate of drug-likeness (QED) is 0.815. The van der Waals surface area contributed by atoms with Gasteiger partial charge < -0.3 is 5.11 Å². The molecule has 0 aliphatic carbocycles. The SMILES string of the molecule is CC(C#N)c1ccc(Cl)c(C(=O)O)c1. The number of nitrogens with zero attached hydrogens (tertiary/aromatic N) is 1. The molecule has 0 amide bonds. The Hall–Kier alpha value is -1.53. The zero-order valence-electron chi connectivity index (χ0n) is 7.49. The topological polar surface area (TPSA) is 61.1 Å². The van der Waals surface area contributed by atoms with Crippen molar-refractivity contribution in [1.29, 1.82) is 5.26 Å². The normalized spacial score (nSPS) is 11.8. The molecule has 3 nitrogen and oxygen atoms in total. The first-order valence-electron chi connectivity index (χ1n) is 3.98. The molecule has 14 heavy (non-hydrogen) atoms. The third-order valence-electron chi connectivity index (χ3n) is 1.91. The molecule has 0 aromatic heterocycles. The van der Waals surface area contributed by atoms with Gasteiger partial charge >= 0.3 is 5.97 Å². The number of halogens is 1. The number of rotatable bonds is 2. The van der Waals surface area contributed by atoms with Gasteiger partial charge in [-0.1, -0.05) is 17.7 Å². The van der Waals surface area contributed by atoms with Crippen LogP contribution in [0, 0.1) is 11.3 Å². The summed E-state index contributed by atoms with van der Waals surface area (Å²) in [5, 5.41) is 17.6.